The lowest BCUT2D eigenvalue weighted by Crippen LogP contribution is -2.38. The van der Waals surface area contributed by atoms with Crippen LogP contribution in [0.15, 0.2) is 36.5 Å². The Kier molecular flexibility index (Phi) is 4.40. The lowest BCUT2D eigenvalue weighted by atomic mass is 10.0. The number of para-hydroxylation sites is 1. The van der Waals surface area contributed by atoms with Crippen LogP contribution in [0.25, 0.3) is 11.3 Å². The van der Waals surface area contributed by atoms with Crippen molar-refractivity contribution >= 4 is 5.91 Å². The topological polar surface area (TPSA) is 60.5 Å². The van der Waals surface area contributed by atoms with Crippen LogP contribution in [-0.4, -0.2) is 36.8 Å². The number of aromatic nitrogens is 1. The number of ether oxygens (including phenoxy) is 2. The van der Waals surface area contributed by atoms with E-state index in [-0.39, 0.29) is 17.9 Å². The zero-order valence-corrected chi connectivity index (χ0v) is 14.3. The lowest BCUT2D eigenvalue weighted by molar-refractivity contribution is -0.125. The van der Waals surface area contributed by atoms with Crippen molar-refractivity contribution in [1.29, 1.82) is 0 Å². The molecule has 2 aliphatic heterocycles. The predicted octanol–water partition coefficient (Wildman–Crippen LogP) is 2.51. The van der Waals surface area contributed by atoms with E-state index >= 15 is 0 Å². The van der Waals surface area contributed by atoms with Crippen molar-refractivity contribution in [3.05, 3.63) is 47.7 Å². The maximum absolute atomic E-state index is 12.2. The van der Waals surface area contributed by atoms with Crippen LogP contribution in [0.1, 0.15) is 17.5 Å². The first-order valence-electron chi connectivity index (χ1n) is 8.78. The predicted molar refractivity (Wildman–Crippen MR) is 94.5 cm³/mol. The largest absolute Gasteiger partial charge is 0.487 e. The van der Waals surface area contributed by atoms with E-state index in [2.05, 4.69) is 29.4 Å². The zero-order valence-electron chi connectivity index (χ0n) is 14.3. The second-order valence-corrected chi connectivity index (χ2v) is 6.71. The summed E-state index contributed by atoms with van der Waals surface area (Å²) < 4.78 is 11.5. The summed E-state index contributed by atoms with van der Waals surface area (Å²) in [6.07, 6.45) is 3.38. The van der Waals surface area contributed by atoms with E-state index in [0.717, 1.165) is 35.4 Å². The third-order valence-corrected chi connectivity index (χ3v) is 4.90. The van der Waals surface area contributed by atoms with Crippen molar-refractivity contribution in [2.75, 3.05) is 19.8 Å². The number of pyridine rings is 1. The van der Waals surface area contributed by atoms with E-state index in [1.165, 1.54) is 5.56 Å². The molecule has 0 aliphatic carbocycles. The Hall–Kier alpha value is -2.40. The van der Waals surface area contributed by atoms with Gasteiger partial charge in [0.1, 0.15) is 11.9 Å². The van der Waals surface area contributed by atoms with Gasteiger partial charge in [-0.05, 0) is 36.6 Å². The molecule has 0 radical (unpaired) electrons. The highest BCUT2D eigenvalue weighted by Gasteiger charge is 2.28. The van der Waals surface area contributed by atoms with Gasteiger partial charge in [-0.15, -0.1) is 0 Å². The number of amides is 1. The highest BCUT2D eigenvalue weighted by atomic mass is 16.5. The smallest absolute Gasteiger partial charge is 0.225 e. The van der Waals surface area contributed by atoms with Gasteiger partial charge in [0, 0.05) is 24.8 Å². The van der Waals surface area contributed by atoms with E-state index in [4.69, 9.17) is 9.47 Å². The van der Waals surface area contributed by atoms with Gasteiger partial charge in [0.15, 0.2) is 0 Å². The van der Waals surface area contributed by atoms with Crippen molar-refractivity contribution in [2.45, 2.75) is 25.9 Å². The van der Waals surface area contributed by atoms with Crippen LogP contribution in [0.5, 0.6) is 5.75 Å². The number of fused-ring (bicyclic) bond motifs is 1. The van der Waals surface area contributed by atoms with Gasteiger partial charge in [0.05, 0.1) is 24.8 Å². The van der Waals surface area contributed by atoms with Crippen LogP contribution < -0.4 is 10.1 Å². The molecule has 0 saturated carbocycles. The van der Waals surface area contributed by atoms with Crippen LogP contribution in [0.4, 0.5) is 0 Å². The van der Waals surface area contributed by atoms with E-state index in [1.807, 2.05) is 18.2 Å². The van der Waals surface area contributed by atoms with Gasteiger partial charge in [-0.2, -0.15) is 0 Å². The number of aryl methyl sites for hydroxylation is 1. The molecule has 0 spiro atoms. The van der Waals surface area contributed by atoms with Gasteiger partial charge < -0.3 is 14.8 Å². The standard InChI is InChI=1S/C20H22N2O3/c1-13-4-3-8-21-18(13)17-6-2-5-14-10-16(25-19(14)17)11-22-20(23)15-7-9-24-12-15/h2-6,8,15-16H,7,9-12H2,1H3,(H,22,23)/t15-,16+/m0/s1. The fourth-order valence-corrected chi connectivity index (χ4v) is 3.51. The molecule has 1 aromatic carbocycles. The summed E-state index contributed by atoms with van der Waals surface area (Å²) in [5.74, 6) is 0.945. The Balaban J connectivity index is 1.47. The normalized spacial score (nSPS) is 21.6. The molecule has 5 nitrogen and oxygen atoms in total. The third-order valence-electron chi connectivity index (χ3n) is 4.90. The first-order chi connectivity index (χ1) is 12.2. The molecule has 1 N–H and O–H groups in total. The first kappa shape index (κ1) is 16.1. The average molecular weight is 338 g/mol. The van der Waals surface area contributed by atoms with Gasteiger partial charge in [0.25, 0.3) is 0 Å². The minimum atomic E-state index is -0.0357. The number of carbonyl (C=O) groups is 1. The number of hydrogen-bond donors (Lipinski definition) is 1. The summed E-state index contributed by atoms with van der Waals surface area (Å²) in [5, 5.41) is 3.01. The quantitative estimate of drug-likeness (QED) is 0.930. The maximum Gasteiger partial charge on any atom is 0.225 e. The number of nitrogens with zero attached hydrogens (tertiary/aromatic N) is 1. The van der Waals surface area contributed by atoms with Crippen molar-refractivity contribution in [2.24, 2.45) is 5.92 Å². The molecule has 5 heteroatoms. The third kappa shape index (κ3) is 3.24. The zero-order chi connectivity index (χ0) is 17.2. The first-order valence-corrected chi connectivity index (χ1v) is 8.78. The average Bonchev–Trinajstić information content (AvgIpc) is 3.29. The second kappa shape index (κ2) is 6.84. The molecule has 1 fully saturated rings. The van der Waals surface area contributed by atoms with E-state index < -0.39 is 0 Å². The van der Waals surface area contributed by atoms with Crippen LogP contribution in [-0.2, 0) is 16.0 Å². The Morgan fingerprint density at radius 1 is 1.32 bits per heavy atom. The van der Waals surface area contributed by atoms with Crippen LogP contribution in [0.3, 0.4) is 0 Å². The molecule has 2 aromatic rings. The fourth-order valence-electron chi connectivity index (χ4n) is 3.51. The SMILES string of the molecule is Cc1cccnc1-c1cccc2c1O[C@@H](CNC(=O)[C@H]1CCOC1)C2. The van der Waals surface area contributed by atoms with Gasteiger partial charge in [0.2, 0.25) is 5.91 Å². The summed E-state index contributed by atoms with van der Waals surface area (Å²) in [4.78, 5) is 16.7. The Morgan fingerprint density at radius 3 is 3.04 bits per heavy atom. The van der Waals surface area contributed by atoms with E-state index in [9.17, 15) is 4.79 Å². The molecule has 1 amide bonds. The molecule has 2 atom stereocenters. The Labute approximate surface area is 147 Å². The highest BCUT2D eigenvalue weighted by Crippen LogP contribution is 2.38. The van der Waals surface area contributed by atoms with Gasteiger partial charge in [-0.1, -0.05) is 18.2 Å². The van der Waals surface area contributed by atoms with Gasteiger partial charge >= 0.3 is 0 Å². The number of hydrogen-bond acceptors (Lipinski definition) is 4. The van der Waals surface area contributed by atoms with E-state index in [1.54, 1.807) is 6.20 Å². The molecule has 130 valence electrons. The monoisotopic (exact) mass is 338 g/mol. The fraction of sp³-hybridized carbons (Fsp3) is 0.400. The summed E-state index contributed by atoms with van der Waals surface area (Å²) in [6, 6.07) is 10.2. The maximum atomic E-state index is 12.2. The van der Waals surface area contributed by atoms with Crippen molar-refractivity contribution in [3.8, 4) is 17.0 Å². The van der Waals surface area contributed by atoms with Crippen molar-refractivity contribution in [1.82, 2.24) is 10.3 Å². The summed E-state index contributed by atoms with van der Waals surface area (Å²) >= 11 is 0. The minimum absolute atomic E-state index is 0.0180. The van der Waals surface area contributed by atoms with Crippen LogP contribution in [0.2, 0.25) is 0 Å². The minimum Gasteiger partial charge on any atom is -0.487 e. The summed E-state index contributed by atoms with van der Waals surface area (Å²) in [5.41, 5.74) is 4.27. The number of benzene rings is 1. The van der Waals surface area contributed by atoms with Crippen molar-refractivity contribution in [3.63, 3.8) is 0 Å². The molecule has 1 aromatic heterocycles. The molecule has 25 heavy (non-hydrogen) atoms. The molecule has 0 unspecified atom stereocenters. The van der Waals surface area contributed by atoms with Crippen molar-refractivity contribution < 1.29 is 14.3 Å². The molecule has 2 aliphatic rings. The van der Waals surface area contributed by atoms with E-state index in [0.29, 0.717) is 19.8 Å². The number of rotatable bonds is 4. The molecular formula is C20H22N2O3. The van der Waals surface area contributed by atoms with Gasteiger partial charge in [-0.25, -0.2) is 0 Å². The summed E-state index contributed by atoms with van der Waals surface area (Å²) in [7, 11) is 0. The number of carbonyl (C=O) groups excluding carboxylic acids is 1. The Morgan fingerprint density at radius 2 is 2.24 bits per heavy atom. The summed E-state index contributed by atoms with van der Waals surface area (Å²) in [6.45, 7) is 3.78. The molecular weight excluding hydrogens is 316 g/mol. The van der Waals surface area contributed by atoms with Crippen LogP contribution in [0, 0.1) is 12.8 Å². The second-order valence-electron chi connectivity index (χ2n) is 6.71. The Bertz CT molecular complexity index is 784. The molecule has 1 saturated heterocycles. The van der Waals surface area contributed by atoms with Crippen LogP contribution >= 0.6 is 0 Å². The number of nitrogens with one attached hydrogen (secondary N) is 1. The highest BCUT2D eigenvalue weighted by molar-refractivity contribution is 5.79. The molecule has 4 rings (SSSR count). The molecule has 0 bridgehead atoms. The van der Waals surface area contributed by atoms with Gasteiger partial charge in [-0.3, -0.25) is 9.78 Å². The molecule has 3 heterocycles. The lowest BCUT2D eigenvalue weighted by Gasteiger charge is -2.15.